The van der Waals surface area contributed by atoms with Gasteiger partial charge in [-0.25, -0.2) is 4.39 Å². The highest BCUT2D eigenvalue weighted by Gasteiger charge is 2.14. The quantitative estimate of drug-likeness (QED) is 0.860. The Morgan fingerprint density at radius 1 is 1.09 bits per heavy atom. The van der Waals surface area contributed by atoms with Crippen LogP contribution in [-0.4, -0.2) is 11.8 Å². The molecule has 114 valence electrons. The minimum absolute atomic E-state index is 0.0568. The fourth-order valence-electron chi connectivity index (χ4n) is 1.96. The first kappa shape index (κ1) is 16.2. The second-order valence-corrected chi connectivity index (χ2v) is 5.65. The van der Waals surface area contributed by atoms with Crippen molar-refractivity contribution >= 4 is 39.1 Å². The molecule has 2 amide bonds. The van der Waals surface area contributed by atoms with Crippen LogP contribution in [0.15, 0.2) is 40.9 Å². The van der Waals surface area contributed by atoms with Crippen molar-refractivity contribution in [3.05, 3.63) is 57.8 Å². The van der Waals surface area contributed by atoms with Gasteiger partial charge in [-0.1, -0.05) is 22.0 Å². The molecule has 0 bridgehead atoms. The molecule has 0 heterocycles. The molecule has 0 fully saturated rings. The molecule has 0 saturated heterocycles. The van der Waals surface area contributed by atoms with Gasteiger partial charge in [0.05, 0.1) is 5.56 Å². The van der Waals surface area contributed by atoms with E-state index in [-0.39, 0.29) is 11.5 Å². The predicted molar refractivity (Wildman–Crippen MR) is 87.5 cm³/mol. The monoisotopic (exact) mass is 364 g/mol. The fraction of sp³-hybridized carbons (Fsp3) is 0.125. The number of nitrogens with one attached hydrogen (secondary N) is 2. The highest BCUT2D eigenvalue weighted by atomic mass is 79.9. The minimum atomic E-state index is -0.601. The van der Waals surface area contributed by atoms with Crippen LogP contribution in [0.5, 0.6) is 0 Å². The van der Waals surface area contributed by atoms with Crippen molar-refractivity contribution in [2.45, 2.75) is 13.8 Å². The smallest absolute Gasteiger partial charge is 0.258 e. The van der Waals surface area contributed by atoms with Gasteiger partial charge < -0.3 is 10.6 Å². The predicted octanol–water partition coefficient (Wildman–Crippen LogP) is 4.11. The highest BCUT2D eigenvalue weighted by Crippen LogP contribution is 2.24. The number of benzene rings is 2. The first-order valence-electron chi connectivity index (χ1n) is 6.52. The third-order valence-electron chi connectivity index (χ3n) is 3.07. The molecule has 0 unspecified atom stereocenters. The molecular formula is C16H14BrFN2O2. The molecule has 2 aromatic carbocycles. The van der Waals surface area contributed by atoms with Crippen LogP contribution in [0.3, 0.4) is 0 Å². The molecule has 22 heavy (non-hydrogen) atoms. The lowest BCUT2D eigenvalue weighted by Crippen LogP contribution is -2.15. The van der Waals surface area contributed by atoms with Crippen LogP contribution in [0.2, 0.25) is 0 Å². The number of hydrogen-bond acceptors (Lipinski definition) is 2. The van der Waals surface area contributed by atoms with Crippen LogP contribution in [-0.2, 0) is 4.79 Å². The van der Waals surface area contributed by atoms with Crippen LogP contribution in [0.4, 0.5) is 15.8 Å². The van der Waals surface area contributed by atoms with Gasteiger partial charge in [0.25, 0.3) is 5.91 Å². The van der Waals surface area contributed by atoms with E-state index in [2.05, 4.69) is 26.6 Å². The zero-order valence-corrected chi connectivity index (χ0v) is 13.6. The average molecular weight is 365 g/mol. The van der Waals surface area contributed by atoms with Gasteiger partial charge in [0.15, 0.2) is 0 Å². The summed E-state index contributed by atoms with van der Waals surface area (Å²) in [6, 6.07) is 9.28. The van der Waals surface area contributed by atoms with Gasteiger partial charge in [0.1, 0.15) is 5.82 Å². The molecule has 0 aliphatic rings. The van der Waals surface area contributed by atoms with Crippen molar-refractivity contribution in [1.29, 1.82) is 0 Å². The zero-order valence-electron chi connectivity index (χ0n) is 12.0. The Kier molecular flexibility index (Phi) is 4.92. The lowest BCUT2D eigenvalue weighted by atomic mass is 10.1. The van der Waals surface area contributed by atoms with E-state index >= 15 is 0 Å². The fourth-order valence-corrected chi connectivity index (χ4v) is 2.32. The number of halogens is 2. The summed E-state index contributed by atoms with van der Waals surface area (Å²) in [5.41, 5.74) is 1.75. The van der Waals surface area contributed by atoms with Gasteiger partial charge in [0, 0.05) is 22.8 Å². The summed E-state index contributed by atoms with van der Waals surface area (Å²) >= 11 is 3.21. The number of carbonyl (C=O) groups is 2. The number of carbonyl (C=O) groups excluding carboxylic acids is 2. The van der Waals surface area contributed by atoms with Crippen molar-refractivity contribution in [1.82, 2.24) is 0 Å². The first-order chi connectivity index (χ1) is 10.4. The molecule has 0 atom stereocenters. The maximum atomic E-state index is 13.7. The molecular weight excluding hydrogens is 351 g/mol. The highest BCUT2D eigenvalue weighted by molar-refractivity contribution is 9.10. The summed E-state index contributed by atoms with van der Waals surface area (Å²) in [7, 11) is 0. The molecule has 0 aromatic heterocycles. The Bertz CT molecular complexity index is 747. The van der Waals surface area contributed by atoms with Crippen LogP contribution >= 0.6 is 15.9 Å². The van der Waals surface area contributed by atoms with Crippen LogP contribution in [0.25, 0.3) is 0 Å². The second-order valence-electron chi connectivity index (χ2n) is 4.74. The molecule has 6 heteroatoms. The molecule has 0 aliphatic carbocycles. The third kappa shape index (κ3) is 3.71. The van der Waals surface area contributed by atoms with Crippen molar-refractivity contribution in [3.8, 4) is 0 Å². The topological polar surface area (TPSA) is 58.2 Å². The Morgan fingerprint density at radius 2 is 1.73 bits per heavy atom. The van der Waals surface area contributed by atoms with Gasteiger partial charge in [-0.05, 0) is 42.8 Å². The van der Waals surface area contributed by atoms with Crippen LogP contribution in [0, 0.1) is 12.7 Å². The molecule has 4 nitrogen and oxygen atoms in total. The maximum Gasteiger partial charge on any atom is 0.258 e. The van der Waals surface area contributed by atoms with Crippen molar-refractivity contribution in [2.24, 2.45) is 0 Å². The van der Waals surface area contributed by atoms with Gasteiger partial charge in [-0.15, -0.1) is 0 Å². The van der Waals surface area contributed by atoms with E-state index < -0.39 is 11.7 Å². The Labute approximate surface area is 135 Å². The number of amides is 2. The Morgan fingerprint density at radius 3 is 2.36 bits per heavy atom. The SMILES string of the molecule is CC(=O)Nc1cccc(NC(=O)c2cc(Br)ccc2F)c1C. The minimum Gasteiger partial charge on any atom is -0.326 e. The van der Waals surface area contributed by atoms with E-state index in [1.807, 2.05) is 0 Å². The van der Waals surface area contributed by atoms with Crippen molar-refractivity contribution < 1.29 is 14.0 Å². The number of hydrogen-bond donors (Lipinski definition) is 2. The molecule has 0 aliphatic heterocycles. The Hall–Kier alpha value is -2.21. The number of rotatable bonds is 3. The van der Waals surface area contributed by atoms with Crippen molar-refractivity contribution in [2.75, 3.05) is 10.6 Å². The molecule has 2 rings (SSSR count). The van der Waals surface area contributed by atoms with Gasteiger partial charge in [-0.2, -0.15) is 0 Å². The lowest BCUT2D eigenvalue weighted by molar-refractivity contribution is -0.114. The lowest BCUT2D eigenvalue weighted by Gasteiger charge is -2.13. The van der Waals surface area contributed by atoms with Gasteiger partial charge in [-0.3, -0.25) is 9.59 Å². The molecule has 0 saturated carbocycles. The van der Waals surface area contributed by atoms with Crippen LogP contribution in [0.1, 0.15) is 22.8 Å². The summed E-state index contributed by atoms with van der Waals surface area (Å²) in [6.45, 7) is 3.17. The summed E-state index contributed by atoms with van der Waals surface area (Å²) < 4.78 is 14.3. The van der Waals surface area contributed by atoms with E-state index in [9.17, 15) is 14.0 Å². The zero-order chi connectivity index (χ0) is 16.3. The summed E-state index contributed by atoms with van der Waals surface area (Å²) in [4.78, 5) is 23.4. The molecule has 2 aromatic rings. The van der Waals surface area contributed by atoms with E-state index in [1.54, 1.807) is 25.1 Å². The number of anilines is 2. The first-order valence-corrected chi connectivity index (χ1v) is 7.31. The van der Waals surface area contributed by atoms with Gasteiger partial charge >= 0.3 is 0 Å². The normalized spacial score (nSPS) is 10.2. The standard InChI is InChI=1S/C16H14BrFN2O2/c1-9-14(19-10(2)21)4-3-5-15(9)20-16(22)12-8-11(17)6-7-13(12)18/h3-8H,1-2H3,(H,19,21)(H,20,22). The van der Waals surface area contributed by atoms with E-state index in [0.29, 0.717) is 21.4 Å². The Balaban J connectivity index is 2.29. The largest absolute Gasteiger partial charge is 0.326 e. The average Bonchev–Trinajstić information content (AvgIpc) is 2.45. The molecule has 2 N–H and O–H groups in total. The van der Waals surface area contributed by atoms with Crippen molar-refractivity contribution in [3.63, 3.8) is 0 Å². The summed E-state index contributed by atoms with van der Waals surface area (Å²) in [5.74, 6) is -1.36. The summed E-state index contributed by atoms with van der Waals surface area (Å²) in [6.07, 6.45) is 0. The van der Waals surface area contributed by atoms with Gasteiger partial charge in [0.2, 0.25) is 5.91 Å². The van der Waals surface area contributed by atoms with E-state index in [0.717, 1.165) is 0 Å². The van der Waals surface area contributed by atoms with Crippen LogP contribution < -0.4 is 10.6 Å². The van der Waals surface area contributed by atoms with E-state index in [4.69, 9.17) is 0 Å². The molecule has 0 radical (unpaired) electrons. The second kappa shape index (κ2) is 6.70. The third-order valence-corrected chi connectivity index (χ3v) is 3.56. The summed E-state index contributed by atoms with van der Waals surface area (Å²) in [5, 5.41) is 5.33. The molecule has 0 spiro atoms. The maximum absolute atomic E-state index is 13.7. The van der Waals surface area contributed by atoms with E-state index in [1.165, 1.54) is 25.1 Å².